The third-order valence-corrected chi connectivity index (χ3v) is 10.7. The van der Waals surface area contributed by atoms with Crippen LogP contribution >= 0.6 is 0 Å². The van der Waals surface area contributed by atoms with Crippen molar-refractivity contribution in [2.45, 2.75) is 125 Å². The van der Waals surface area contributed by atoms with Gasteiger partial charge in [0.25, 0.3) is 0 Å². The summed E-state index contributed by atoms with van der Waals surface area (Å²) in [5.74, 6) is 3.65. The Morgan fingerprint density at radius 2 is 1.76 bits per heavy atom. The first-order chi connectivity index (χ1) is 15.8. The molecular formula is C31H56O3. The molecule has 2 saturated carbocycles. The van der Waals surface area contributed by atoms with Crippen molar-refractivity contribution in [1.29, 1.82) is 0 Å². The van der Waals surface area contributed by atoms with E-state index in [-0.39, 0.29) is 17.9 Å². The van der Waals surface area contributed by atoms with Crippen LogP contribution in [0.25, 0.3) is 0 Å². The van der Waals surface area contributed by atoms with Crippen molar-refractivity contribution in [3.63, 3.8) is 0 Å². The minimum absolute atomic E-state index is 0.196. The van der Waals surface area contributed by atoms with Gasteiger partial charge in [-0.25, -0.2) is 0 Å². The highest BCUT2D eigenvalue weighted by atomic mass is 16.5. The molecule has 1 unspecified atom stereocenters. The van der Waals surface area contributed by atoms with E-state index < -0.39 is 5.60 Å². The molecule has 0 amide bonds. The van der Waals surface area contributed by atoms with Crippen molar-refractivity contribution in [1.82, 2.24) is 0 Å². The Kier molecular flexibility index (Phi) is 10.4. The van der Waals surface area contributed by atoms with Gasteiger partial charge in [0.05, 0.1) is 18.5 Å². The fourth-order valence-corrected chi connectivity index (χ4v) is 7.33. The van der Waals surface area contributed by atoms with Crippen LogP contribution in [0, 0.1) is 34.5 Å². The molecule has 3 nitrogen and oxygen atoms in total. The van der Waals surface area contributed by atoms with Crippen LogP contribution in [0.4, 0.5) is 0 Å². The van der Waals surface area contributed by atoms with Gasteiger partial charge in [-0.05, 0) is 113 Å². The van der Waals surface area contributed by atoms with E-state index in [4.69, 9.17) is 4.74 Å². The fraction of sp³-hybridized carbons (Fsp3) is 0.871. The smallest absolute Gasteiger partial charge is 0.0919 e. The van der Waals surface area contributed by atoms with Crippen molar-refractivity contribution < 1.29 is 14.9 Å². The normalized spacial score (nSPS) is 38.0. The van der Waals surface area contributed by atoms with E-state index in [9.17, 15) is 10.2 Å². The zero-order valence-corrected chi connectivity index (χ0v) is 24.0. The van der Waals surface area contributed by atoms with Crippen molar-refractivity contribution in [2.75, 3.05) is 13.7 Å². The molecule has 2 fully saturated rings. The first kappa shape index (κ1) is 29.4. The largest absolute Gasteiger partial charge is 0.501 e. The summed E-state index contributed by atoms with van der Waals surface area (Å²) >= 11 is 0. The summed E-state index contributed by atoms with van der Waals surface area (Å²) in [6.07, 6.45) is 12.9. The van der Waals surface area contributed by atoms with E-state index in [1.165, 1.54) is 36.8 Å². The van der Waals surface area contributed by atoms with Crippen molar-refractivity contribution in [3.05, 3.63) is 23.0 Å². The number of aliphatic hydroxyl groups excluding tert-OH is 1. The lowest BCUT2D eigenvalue weighted by atomic mass is 9.54. The molecular weight excluding hydrogens is 420 g/mol. The summed E-state index contributed by atoms with van der Waals surface area (Å²) < 4.78 is 5.65. The highest BCUT2D eigenvalue weighted by Gasteiger charge is 2.52. The monoisotopic (exact) mass is 476 g/mol. The van der Waals surface area contributed by atoms with Crippen LogP contribution in [0.2, 0.25) is 0 Å². The quantitative estimate of drug-likeness (QED) is 0.247. The molecule has 0 aliphatic heterocycles. The predicted octanol–water partition coefficient (Wildman–Crippen LogP) is 8.06. The predicted molar refractivity (Wildman–Crippen MR) is 145 cm³/mol. The maximum absolute atomic E-state index is 11.5. The first-order valence-corrected chi connectivity index (χ1v) is 14.0. The SMILES string of the molecule is CO/C(C)=C1/CC[C@](C)(O)[C@@](C)(CC/C=C(\C)CC[C@@H]2C(C)CC[C@H](C)C2(C)C)[C@@H]1CCCO. The van der Waals surface area contributed by atoms with Gasteiger partial charge in [0.1, 0.15) is 0 Å². The Labute approximate surface area is 211 Å². The van der Waals surface area contributed by atoms with E-state index in [0.29, 0.717) is 5.41 Å². The molecule has 0 bridgehead atoms. The maximum Gasteiger partial charge on any atom is 0.0919 e. The molecule has 0 saturated heterocycles. The lowest BCUT2D eigenvalue weighted by molar-refractivity contribution is -0.114. The number of ether oxygens (including phenoxy) is 1. The molecule has 0 aromatic heterocycles. The van der Waals surface area contributed by atoms with Crippen LogP contribution in [0.1, 0.15) is 120 Å². The van der Waals surface area contributed by atoms with Gasteiger partial charge in [0, 0.05) is 12.0 Å². The molecule has 34 heavy (non-hydrogen) atoms. The molecule has 0 aromatic carbocycles. The molecule has 3 heteroatoms. The van der Waals surface area contributed by atoms with Crippen molar-refractivity contribution >= 4 is 0 Å². The minimum atomic E-state index is -0.718. The van der Waals surface area contributed by atoms with Gasteiger partial charge in [-0.1, -0.05) is 52.7 Å². The second-order valence-electron chi connectivity index (χ2n) is 12.9. The summed E-state index contributed by atoms with van der Waals surface area (Å²) in [6.45, 7) is 18.7. The molecule has 2 aliphatic carbocycles. The van der Waals surface area contributed by atoms with E-state index >= 15 is 0 Å². The van der Waals surface area contributed by atoms with E-state index in [1.54, 1.807) is 7.11 Å². The lowest BCUT2D eigenvalue weighted by Gasteiger charge is -2.53. The fourth-order valence-electron chi connectivity index (χ4n) is 7.33. The number of hydrogen-bond donors (Lipinski definition) is 2. The van der Waals surface area contributed by atoms with E-state index in [1.807, 2.05) is 6.92 Å². The number of allylic oxidation sites excluding steroid dienone is 4. The average molecular weight is 477 g/mol. The van der Waals surface area contributed by atoms with Gasteiger partial charge in [-0.15, -0.1) is 0 Å². The molecule has 0 spiro atoms. The van der Waals surface area contributed by atoms with Gasteiger partial charge < -0.3 is 14.9 Å². The van der Waals surface area contributed by atoms with Gasteiger partial charge in [0.15, 0.2) is 0 Å². The highest BCUT2D eigenvalue weighted by molar-refractivity contribution is 5.22. The minimum Gasteiger partial charge on any atom is -0.501 e. The van der Waals surface area contributed by atoms with Crippen LogP contribution in [0.5, 0.6) is 0 Å². The number of hydrogen-bond acceptors (Lipinski definition) is 3. The second-order valence-corrected chi connectivity index (χ2v) is 12.9. The highest BCUT2D eigenvalue weighted by Crippen LogP contribution is 2.55. The Morgan fingerprint density at radius 3 is 2.38 bits per heavy atom. The van der Waals surface area contributed by atoms with Crippen LogP contribution in [0.3, 0.4) is 0 Å². The second kappa shape index (κ2) is 12.0. The number of methoxy groups -OCH3 is 1. The molecule has 0 aromatic rings. The van der Waals surface area contributed by atoms with E-state index in [0.717, 1.165) is 62.0 Å². The average Bonchev–Trinajstić information content (AvgIpc) is 2.77. The number of rotatable bonds is 10. The number of aliphatic hydroxyl groups is 2. The summed E-state index contributed by atoms with van der Waals surface area (Å²) in [5, 5.41) is 21.1. The summed E-state index contributed by atoms with van der Waals surface area (Å²) in [6, 6.07) is 0. The molecule has 2 aliphatic rings. The summed E-state index contributed by atoms with van der Waals surface area (Å²) in [4.78, 5) is 0. The van der Waals surface area contributed by atoms with Crippen LogP contribution in [0.15, 0.2) is 23.0 Å². The first-order valence-electron chi connectivity index (χ1n) is 14.0. The van der Waals surface area contributed by atoms with Gasteiger partial charge in [-0.2, -0.15) is 0 Å². The third-order valence-electron chi connectivity index (χ3n) is 10.7. The molecule has 6 atom stereocenters. The molecule has 2 N–H and O–H groups in total. The third kappa shape index (κ3) is 6.30. The summed E-state index contributed by atoms with van der Waals surface area (Å²) in [5.41, 5.74) is 2.31. The zero-order valence-electron chi connectivity index (χ0n) is 24.0. The van der Waals surface area contributed by atoms with Crippen molar-refractivity contribution in [2.24, 2.45) is 34.5 Å². The van der Waals surface area contributed by atoms with Crippen LogP contribution < -0.4 is 0 Å². The molecule has 2 rings (SSSR count). The molecule has 0 heterocycles. The lowest BCUT2D eigenvalue weighted by Crippen LogP contribution is -2.52. The Morgan fingerprint density at radius 1 is 1.09 bits per heavy atom. The van der Waals surface area contributed by atoms with Gasteiger partial charge >= 0.3 is 0 Å². The summed E-state index contributed by atoms with van der Waals surface area (Å²) in [7, 11) is 1.75. The Bertz CT molecular complexity index is 716. The Balaban J connectivity index is 2.11. The standard InChI is InChI=1S/C31H56O3/c1-22(14-17-27-23(2)15-16-24(3)29(27,5)6)12-10-19-30(7)28(13-11-21-32)26(25(4)34-9)18-20-31(30,8)33/h12,23-24,27-28,32-33H,10-11,13-21H2,1-9H3/b22-12+,26-25-/t23?,24-,27+,28+,30-,31-/m0/s1. The topological polar surface area (TPSA) is 49.7 Å². The molecule has 0 radical (unpaired) electrons. The van der Waals surface area contributed by atoms with Crippen molar-refractivity contribution in [3.8, 4) is 0 Å². The van der Waals surface area contributed by atoms with Gasteiger partial charge in [0.2, 0.25) is 0 Å². The van der Waals surface area contributed by atoms with E-state index in [2.05, 4.69) is 54.5 Å². The zero-order chi connectivity index (χ0) is 25.7. The van der Waals surface area contributed by atoms with Gasteiger partial charge in [-0.3, -0.25) is 0 Å². The maximum atomic E-state index is 11.5. The van der Waals surface area contributed by atoms with Crippen LogP contribution in [-0.4, -0.2) is 29.5 Å². The van der Waals surface area contributed by atoms with Crippen LogP contribution in [-0.2, 0) is 4.74 Å². The Hall–Kier alpha value is -0.800. The molecule has 198 valence electrons.